The number of rotatable bonds is 9. The highest BCUT2D eigenvalue weighted by Gasteiger charge is 2.32. The summed E-state index contributed by atoms with van der Waals surface area (Å²) < 4.78 is 11.1. The highest BCUT2D eigenvalue weighted by molar-refractivity contribution is 5.81. The SMILES string of the molecule is CNc1nnc(-c2ccccc2O)cc1N1CCN(C2CCN(C(=O)[C@@H](C)Oc3cc(CC(=O)N4CC[C@@H](O)C4)on3)CC2)CC1. The molecule has 0 aliphatic carbocycles. The van der Waals surface area contributed by atoms with Crippen LogP contribution in [-0.2, 0) is 16.0 Å². The number of amides is 2. The molecule has 2 aromatic heterocycles. The fourth-order valence-corrected chi connectivity index (χ4v) is 6.55. The molecular weight excluding hydrogens is 592 g/mol. The maximum atomic E-state index is 13.2. The molecule has 2 atom stereocenters. The molecule has 14 heteroatoms. The van der Waals surface area contributed by atoms with Crippen molar-refractivity contribution in [1.29, 1.82) is 0 Å². The van der Waals surface area contributed by atoms with Gasteiger partial charge < -0.3 is 39.5 Å². The van der Waals surface area contributed by atoms with Crippen LogP contribution < -0.4 is 15.0 Å². The number of para-hydroxylation sites is 1. The first kappa shape index (κ1) is 31.5. The van der Waals surface area contributed by atoms with Gasteiger partial charge in [0.1, 0.15) is 11.5 Å². The first-order chi connectivity index (χ1) is 22.3. The molecule has 3 saturated heterocycles. The number of β-amino-alcohol motifs (C(OH)–C–C–N with tert-alkyl or cyclic N) is 1. The molecule has 1 aromatic carbocycles. The molecule has 46 heavy (non-hydrogen) atoms. The fourth-order valence-electron chi connectivity index (χ4n) is 6.55. The zero-order valence-corrected chi connectivity index (χ0v) is 26.3. The van der Waals surface area contributed by atoms with Crippen LogP contribution in [0.5, 0.6) is 11.6 Å². The maximum Gasteiger partial charge on any atom is 0.263 e. The van der Waals surface area contributed by atoms with Crippen molar-refractivity contribution >= 4 is 23.3 Å². The summed E-state index contributed by atoms with van der Waals surface area (Å²) in [7, 11) is 1.83. The van der Waals surface area contributed by atoms with Crippen LogP contribution in [0.25, 0.3) is 11.3 Å². The Balaban J connectivity index is 0.969. The van der Waals surface area contributed by atoms with Crippen LogP contribution in [0.2, 0.25) is 0 Å². The lowest BCUT2D eigenvalue weighted by molar-refractivity contribution is -0.139. The highest BCUT2D eigenvalue weighted by atomic mass is 16.5. The van der Waals surface area contributed by atoms with Crippen LogP contribution in [0, 0.1) is 0 Å². The van der Waals surface area contributed by atoms with Gasteiger partial charge in [0.2, 0.25) is 5.91 Å². The second-order valence-corrected chi connectivity index (χ2v) is 12.2. The zero-order chi connectivity index (χ0) is 32.2. The largest absolute Gasteiger partial charge is 0.507 e. The number of nitrogens with one attached hydrogen (secondary N) is 1. The molecule has 2 amide bonds. The number of hydrogen-bond acceptors (Lipinski definition) is 12. The van der Waals surface area contributed by atoms with E-state index in [1.165, 1.54) is 0 Å². The average molecular weight is 635 g/mol. The Morgan fingerprint density at radius 1 is 1.02 bits per heavy atom. The number of nitrogens with zero attached hydrogens (tertiary/aromatic N) is 7. The Hall–Kier alpha value is -4.43. The molecule has 3 aromatic rings. The van der Waals surface area contributed by atoms with Crippen molar-refractivity contribution in [3.8, 4) is 22.9 Å². The number of carbonyl (C=O) groups is 2. The maximum absolute atomic E-state index is 13.2. The molecule has 0 bridgehead atoms. The molecule has 14 nitrogen and oxygen atoms in total. The van der Waals surface area contributed by atoms with E-state index in [2.05, 4.69) is 30.5 Å². The molecule has 3 aliphatic heterocycles. The lowest BCUT2D eigenvalue weighted by Crippen LogP contribution is -2.54. The molecule has 0 saturated carbocycles. The van der Waals surface area contributed by atoms with Crippen molar-refractivity contribution in [2.75, 3.05) is 69.6 Å². The summed E-state index contributed by atoms with van der Waals surface area (Å²) in [5.74, 6) is 1.18. The van der Waals surface area contributed by atoms with Gasteiger partial charge >= 0.3 is 0 Å². The van der Waals surface area contributed by atoms with Gasteiger partial charge in [-0.2, -0.15) is 0 Å². The number of piperazine rings is 1. The van der Waals surface area contributed by atoms with Gasteiger partial charge in [0.25, 0.3) is 11.8 Å². The molecule has 3 aliphatic rings. The number of anilines is 2. The average Bonchev–Trinajstić information content (AvgIpc) is 3.72. The summed E-state index contributed by atoms with van der Waals surface area (Å²) in [6.45, 7) is 7.31. The van der Waals surface area contributed by atoms with Gasteiger partial charge in [0, 0.05) is 77.1 Å². The van der Waals surface area contributed by atoms with E-state index in [0.29, 0.717) is 61.5 Å². The molecule has 0 spiro atoms. The summed E-state index contributed by atoms with van der Waals surface area (Å²) in [5, 5.41) is 35.7. The second kappa shape index (κ2) is 13.9. The summed E-state index contributed by atoms with van der Waals surface area (Å²) >= 11 is 0. The third-order valence-electron chi connectivity index (χ3n) is 9.16. The fraction of sp³-hybridized carbons (Fsp3) is 0.531. The number of likely N-dealkylation sites (tertiary alicyclic amines) is 2. The number of aromatic nitrogens is 3. The summed E-state index contributed by atoms with van der Waals surface area (Å²) in [4.78, 5) is 33.9. The van der Waals surface area contributed by atoms with E-state index in [4.69, 9.17) is 9.26 Å². The van der Waals surface area contributed by atoms with Gasteiger partial charge in [-0.1, -0.05) is 12.1 Å². The Kier molecular flexibility index (Phi) is 9.54. The highest BCUT2D eigenvalue weighted by Crippen LogP contribution is 2.33. The lowest BCUT2D eigenvalue weighted by Gasteiger charge is -2.43. The van der Waals surface area contributed by atoms with E-state index in [-0.39, 0.29) is 29.9 Å². The molecular formula is C32H42N8O6. The first-order valence-electron chi connectivity index (χ1n) is 16.0. The van der Waals surface area contributed by atoms with Gasteiger partial charge in [-0.05, 0) is 49.5 Å². The number of carbonyl (C=O) groups excluding carboxylic acids is 2. The predicted molar refractivity (Wildman–Crippen MR) is 170 cm³/mol. The number of phenolic OH excluding ortho intramolecular Hbond substituents is 1. The molecule has 6 rings (SSSR count). The van der Waals surface area contributed by atoms with E-state index >= 15 is 0 Å². The molecule has 5 heterocycles. The van der Waals surface area contributed by atoms with E-state index in [1.807, 2.05) is 30.1 Å². The van der Waals surface area contributed by atoms with Crippen molar-refractivity contribution in [2.45, 2.75) is 50.9 Å². The van der Waals surface area contributed by atoms with Crippen molar-refractivity contribution < 1.29 is 29.1 Å². The van der Waals surface area contributed by atoms with Gasteiger partial charge in [0.05, 0.1) is 23.9 Å². The van der Waals surface area contributed by atoms with Crippen LogP contribution in [0.3, 0.4) is 0 Å². The number of aromatic hydroxyl groups is 1. The number of phenols is 1. The van der Waals surface area contributed by atoms with Crippen LogP contribution in [0.4, 0.5) is 11.5 Å². The quantitative estimate of drug-likeness (QED) is 0.312. The van der Waals surface area contributed by atoms with Crippen molar-refractivity contribution in [3.05, 3.63) is 42.2 Å². The normalized spacial score (nSPS) is 20.2. The Morgan fingerprint density at radius 3 is 2.46 bits per heavy atom. The Labute approximate surface area is 267 Å². The predicted octanol–water partition coefficient (Wildman–Crippen LogP) is 1.60. The standard InChI is InChI=1S/C32H42N8O6/c1-21(45-29-17-24(46-36-29)18-30(43)40-12-9-23(41)20-40)32(44)39-10-7-22(8-11-39)37-13-15-38(16-14-37)27-19-26(34-35-31(27)33-2)25-5-3-4-6-28(25)42/h3-6,17,19,21-23,41-42H,7-16,18,20H2,1-2H3,(H,33,35)/t21-,23-/m1/s1. The van der Waals surface area contributed by atoms with E-state index in [0.717, 1.165) is 44.7 Å². The van der Waals surface area contributed by atoms with Crippen LogP contribution >= 0.6 is 0 Å². The Bertz CT molecular complexity index is 1520. The molecule has 3 N–H and O–H groups in total. The van der Waals surface area contributed by atoms with Crippen molar-refractivity contribution in [2.24, 2.45) is 0 Å². The van der Waals surface area contributed by atoms with Gasteiger partial charge in [-0.3, -0.25) is 14.5 Å². The van der Waals surface area contributed by atoms with E-state index < -0.39 is 12.2 Å². The zero-order valence-electron chi connectivity index (χ0n) is 26.3. The second-order valence-electron chi connectivity index (χ2n) is 12.2. The van der Waals surface area contributed by atoms with Crippen molar-refractivity contribution in [3.63, 3.8) is 0 Å². The minimum atomic E-state index is -0.736. The van der Waals surface area contributed by atoms with Crippen LogP contribution in [-0.4, -0.2) is 130 Å². The monoisotopic (exact) mass is 634 g/mol. The number of benzene rings is 1. The summed E-state index contributed by atoms with van der Waals surface area (Å²) in [5.41, 5.74) is 2.24. The molecule has 0 unspecified atom stereocenters. The number of aliphatic hydroxyl groups excluding tert-OH is 1. The first-order valence-corrected chi connectivity index (χ1v) is 16.0. The number of hydrogen-bond donors (Lipinski definition) is 3. The minimum Gasteiger partial charge on any atom is -0.507 e. The molecule has 246 valence electrons. The van der Waals surface area contributed by atoms with Gasteiger partial charge in [-0.15, -0.1) is 10.2 Å². The number of piperidine rings is 1. The van der Waals surface area contributed by atoms with E-state index in [9.17, 15) is 19.8 Å². The van der Waals surface area contributed by atoms with Gasteiger partial charge in [0.15, 0.2) is 11.9 Å². The molecule has 0 radical (unpaired) electrons. The third kappa shape index (κ3) is 7.02. The third-order valence-corrected chi connectivity index (χ3v) is 9.16. The lowest BCUT2D eigenvalue weighted by atomic mass is 10.0. The summed E-state index contributed by atoms with van der Waals surface area (Å²) in [6.07, 6.45) is 1.17. The van der Waals surface area contributed by atoms with Crippen LogP contribution in [0.1, 0.15) is 31.9 Å². The minimum absolute atomic E-state index is 0.0303. The summed E-state index contributed by atoms with van der Waals surface area (Å²) in [6, 6.07) is 11.1. The molecule has 3 fully saturated rings. The Morgan fingerprint density at radius 2 is 1.76 bits per heavy atom. The van der Waals surface area contributed by atoms with E-state index in [1.54, 1.807) is 30.0 Å². The van der Waals surface area contributed by atoms with Crippen molar-refractivity contribution in [1.82, 2.24) is 30.1 Å². The number of ether oxygens (including phenoxy) is 1. The smallest absolute Gasteiger partial charge is 0.263 e. The topological polar surface area (TPSA) is 161 Å². The van der Waals surface area contributed by atoms with Crippen LogP contribution in [0.15, 0.2) is 40.9 Å². The number of aliphatic hydroxyl groups is 1. The van der Waals surface area contributed by atoms with Gasteiger partial charge in [-0.25, -0.2) is 0 Å².